The average molecular weight is 324 g/mol. The molecule has 0 aliphatic carbocycles. The van der Waals surface area contributed by atoms with Crippen molar-refractivity contribution >= 4 is 17.3 Å². The van der Waals surface area contributed by atoms with E-state index < -0.39 is 5.82 Å². The van der Waals surface area contributed by atoms with Crippen LogP contribution < -0.4 is 10.1 Å². The van der Waals surface area contributed by atoms with Crippen LogP contribution in [0.2, 0.25) is 5.02 Å². The molecule has 0 bridgehead atoms. The third-order valence-electron chi connectivity index (χ3n) is 3.04. The van der Waals surface area contributed by atoms with Crippen molar-refractivity contribution < 1.29 is 13.9 Å². The van der Waals surface area contributed by atoms with Gasteiger partial charge in [0, 0.05) is 18.8 Å². The Bertz CT molecular complexity index is 590. The zero-order valence-corrected chi connectivity index (χ0v) is 13.2. The lowest BCUT2D eigenvalue weighted by atomic mass is 10.2. The fourth-order valence-corrected chi connectivity index (χ4v) is 2.06. The number of ether oxygens (including phenoxy) is 2. The lowest BCUT2D eigenvalue weighted by Crippen LogP contribution is -2.06. The Morgan fingerprint density at radius 2 is 1.86 bits per heavy atom. The second kappa shape index (κ2) is 8.61. The maximum Gasteiger partial charge on any atom is 0.141 e. The van der Waals surface area contributed by atoms with Gasteiger partial charge >= 0.3 is 0 Å². The lowest BCUT2D eigenvalue weighted by molar-refractivity contribution is 0.110. The van der Waals surface area contributed by atoms with Crippen LogP contribution in [0.4, 0.5) is 10.1 Å². The van der Waals surface area contributed by atoms with Crippen molar-refractivity contribution in [3.05, 3.63) is 58.9 Å². The molecule has 2 aromatic carbocycles. The third kappa shape index (κ3) is 5.20. The topological polar surface area (TPSA) is 30.5 Å². The summed E-state index contributed by atoms with van der Waals surface area (Å²) in [4.78, 5) is 0. The molecule has 0 aliphatic heterocycles. The van der Waals surface area contributed by atoms with Gasteiger partial charge in [-0.2, -0.15) is 0 Å². The van der Waals surface area contributed by atoms with Gasteiger partial charge in [-0.3, -0.25) is 0 Å². The van der Waals surface area contributed by atoms with Crippen molar-refractivity contribution in [1.82, 2.24) is 0 Å². The summed E-state index contributed by atoms with van der Waals surface area (Å²) in [6, 6.07) is 12.4. The lowest BCUT2D eigenvalue weighted by Gasteiger charge is -2.09. The molecule has 3 nitrogen and oxygen atoms in total. The van der Waals surface area contributed by atoms with Crippen LogP contribution in [-0.2, 0) is 11.3 Å². The first-order chi connectivity index (χ1) is 10.7. The van der Waals surface area contributed by atoms with Crippen LogP contribution >= 0.6 is 11.6 Å². The van der Waals surface area contributed by atoms with Gasteiger partial charge in [0.1, 0.15) is 18.2 Å². The van der Waals surface area contributed by atoms with E-state index in [1.54, 1.807) is 12.1 Å². The summed E-state index contributed by atoms with van der Waals surface area (Å²) in [6.07, 6.45) is 0. The van der Waals surface area contributed by atoms with E-state index in [0.717, 1.165) is 17.0 Å². The molecule has 22 heavy (non-hydrogen) atoms. The largest absolute Gasteiger partial charge is 0.491 e. The van der Waals surface area contributed by atoms with Crippen molar-refractivity contribution in [3.63, 3.8) is 0 Å². The Morgan fingerprint density at radius 1 is 1.09 bits per heavy atom. The van der Waals surface area contributed by atoms with E-state index in [1.807, 2.05) is 31.2 Å². The second-order valence-electron chi connectivity index (χ2n) is 4.67. The van der Waals surface area contributed by atoms with Crippen molar-refractivity contribution in [3.8, 4) is 5.75 Å². The van der Waals surface area contributed by atoms with Crippen LogP contribution in [0, 0.1) is 5.82 Å². The summed E-state index contributed by atoms with van der Waals surface area (Å²) in [5.74, 6) is 0.397. The molecular formula is C17H19ClFNO2. The fourth-order valence-electron chi connectivity index (χ4n) is 1.88. The molecule has 0 radical (unpaired) electrons. The highest BCUT2D eigenvalue weighted by atomic mass is 35.5. The van der Waals surface area contributed by atoms with Gasteiger partial charge in [-0.25, -0.2) is 4.39 Å². The van der Waals surface area contributed by atoms with Crippen molar-refractivity contribution in [2.24, 2.45) is 0 Å². The normalized spacial score (nSPS) is 10.5. The molecule has 0 atom stereocenters. The average Bonchev–Trinajstić information content (AvgIpc) is 2.54. The number of halogens is 2. The van der Waals surface area contributed by atoms with E-state index in [2.05, 4.69) is 5.32 Å². The van der Waals surface area contributed by atoms with Gasteiger partial charge in [-0.15, -0.1) is 0 Å². The molecule has 0 amide bonds. The van der Waals surface area contributed by atoms with Gasteiger partial charge < -0.3 is 14.8 Å². The summed E-state index contributed by atoms with van der Waals surface area (Å²) >= 11 is 5.75. The summed E-state index contributed by atoms with van der Waals surface area (Å²) in [5.41, 5.74) is 1.88. The molecule has 2 aromatic rings. The quantitative estimate of drug-likeness (QED) is 0.725. The molecule has 5 heteroatoms. The number of hydrogen-bond acceptors (Lipinski definition) is 3. The fraction of sp³-hybridized carbons (Fsp3) is 0.294. The molecule has 2 rings (SSSR count). The number of anilines is 1. The monoisotopic (exact) mass is 323 g/mol. The maximum absolute atomic E-state index is 13.1. The van der Waals surface area contributed by atoms with Crippen LogP contribution in [-0.4, -0.2) is 19.8 Å². The molecular weight excluding hydrogens is 305 g/mol. The molecule has 1 N–H and O–H groups in total. The molecule has 0 aliphatic rings. The number of rotatable bonds is 8. The maximum atomic E-state index is 13.1. The first-order valence-corrected chi connectivity index (χ1v) is 7.55. The van der Waals surface area contributed by atoms with Crippen molar-refractivity contribution in [2.75, 3.05) is 25.1 Å². The Labute approximate surface area is 135 Å². The molecule has 0 spiro atoms. The van der Waals surface area contributed by atoms with Crippen LogP contribution in [0.3, 0.4) is 0 Å². The van der Waals surface area contributed by atoms with Gasteiger partial charge in [0.15, 0.2) is 0 Å². The molecule has 0 unspecified atom stereocenters. The predicted octanol–water partition coefficient (Wildman–Crippen LogP) is 4.51. The van der Waals surface area contributed by atoms with Crippen LogP contribution in [0.5, 0.6) is 5.75 Å². The standard InChI is InChI=1S/C17H19ClFNO2/c1-2-21-9-10-22-15-6-3-13(4-7-15)12-20-14-5-8-17(19)16(18)11-14/h3-8,11,20H,2,9-10,12H2,1H3. The Balaban J connectivity index is 1.82. The Kier molecular flexibility index (Phi) is 6.49. The van der Waals surface area contributed by atoms with Gasteiger partial charge in [-0.1, -0.05) is 23.7 Å². The minimum absolute atomic E-state index is 0.114. The third-order valence-corrected chi connectivity index (χ3v) is 3.33. The van der Waals surface area contributed by atoms with Crippen molar-refractivity contribution in [2.45, 2.75) is 13.5 Å². The predicted molar refractivity (Wildman–Crippen MR) is 87.2 cm³/mol. The first kappa shape index (κ1) is 16.6. The molecule has 0 heterocycles. The highest BCUT2D eigenvalue weighted by Crippen LogP contribution is 2.20. The van der Waals surface area contributed by atoms with Crippen LogP contribution in [0.1, 0.15) is 12.5 Å². The molecule has 0 saturated heterocycles. The zero-order chi connectivity index (χ0) is 15.8. The number of benzene rings is 2. The van der Waals surface area contributed by atoms with Gasteiger partial charge in [-0.05, 0) is 42.8 Å². The second-order valence-corrected chi connectivity index (χ2v) is 5.08. The van der Waals surface area contributed by atoms with E-state index in [9.17, 15) is 4.39 Å². The molecule has 0 aromatic heterocycles. The number of nitrogens with one attached hydrogen (secondary N) is 1. The highest BCUT2D eigenvalue weighted by Gasteiger charge is 2.01. The molecule has 0 saturated carbocycles. The van der Waals surface area contributed by atoms with E-state index in [0.29, 0.717) is 26.4 Å². The number of hydrogen-bond donors (Lipinski definition) is 1. The minimum Gasteiger partial charge on any atom is -0.491 e. The van der Waals surface area contributed by atoms with E-state index in [1.165, 1.54) is 6.07 Å². The molecule has 0 fully saturated rings. The van der Waals surface area contributed by atoms with Gasteiger partial charge in [0.25, 0.3) is 0 Å². The highest BCUT2D eigenvalue weighted by molar-refractivity contribution is 6.31. The zero-order valence-electron chi connectivity index (χ0n) is 12.4. The van der Waals surface area contributed by atoms with E-state index >= 15 is 0 Å². The summed E-state index contributed by atoms with van der Waals surface area (Å²) in [5, 5.41) is 3.31. The Morgan fingerprint density at radius 3 is 2.55 bits per heavy atom. The van der Waals surface area contributed by atoms with Crippen LogP contribution in [0.25, 0.3) is 0 Å². The van der Waals surface area contributed by atoms with Gasteiger partial charge in [0.05, 0.1) is 11.6 Å². The van der Waals surface area contributed by atoms with Crippen molar-refractivity contribution in [1.29, 1.82) is 0 Å². The summed E-state index contributed by atoms with van der Waals surface area (Å²) in [7, 11) is 0. The SMILES string of the molecule is CCOCCOc1ccc(CNc2ccc(F)c(Cl)c2)cc1. The molecule has 118 valence electrons. The van der Waals surface area contributed by atoms with E-state index in [4.69, 9.17) is 21.1 Å². The summed E-state index contributed by atoms with van der Waals surface area (Å²) < 4.78 is 23.8. The van der Waals surface area contributed by atoms with E-state index in [-0.39, 0.29) is 5.02 Å². The van der Waals surface area contributed by atoms with Crippen LogP contribution in [0.15, 0.2) is 42.5 Å². The first-order valence-electron chi connectivity index (χ1n) is 7.17. The Hall–Kier alpha value is -1.78. The smallest absolute Gasteiger partial charge is 0.141 e. The summed E-state index contributed by atoms with van der Waals surface area (Å²) in [6.45, 7) is 4.41. The minimum atomic E-state index is -0.416. The van der Waals surface area contributed by atoms with Gasteiger partial charge in [0.2, 0.25) is 0 Å².